The van der Waals surface area contributed by atoms with Crippen molar-refractivity contribution in [1.82, 2.24) is 29.4 Å². The normalized spacial score (nSPS) is 16.8. The zero-order valence-corrected chi connectivity index (χ0v) is 32.5. The Morgan fingerprint density at radius 3 is 2.37 bits per heavy atom. The van der Waals surface area contributed by atoms with Gasteiger partial charge in [0.25, 0.3) is 0 Å². The number of rotatable bonds is 9. The molecule has 2 aliphatic heterocycles. The molecule has 0 aliphatic carbocycles. The van der Waals surface area contributed by atoms with Gasteiger partial charge >= 0.3 is 12.1 Å². The molecule has 4 aromatic carbocycles. The van der Waals surface area contributed by atoms with E-state index in [0.29, 0.717) is 48.6 Å². The van der Waals surface area contributed by atoms with Gasteiger partial charge in [0.2, 0.25) is 0 Å². The van der Waals surface area contributed by atoms with Gasteiger partial charge in [0.15, 0.2) is 5.82 Å². The number of halogens is 1. The molecule has 2 fully saturated rings. The van der Waals surface area contributed by atoms with Crippen LogP contribution in [-0.4, -0.2) is 72.9 Å². The maximum absolute atomic E-state index is 17.3. The Bertz CT molecular complexity index is 2610. The molecule has 7 aromatic rings. The van der Waals surface area contributed by atoms with E-state index in [1.807, 2.05) is 128 Å². The Morgan fingerprint density at radius 2 is 1.60 bits per heavy atom. The highest BCUT2D eigenvalue weighted by Crippen LogP contribution is 2.40. The monoisotopic (exact) mass is 765 g/mol. The van der Waals surface area contributed by atoms with Crippen LogP contribution in [0, 0.1) is 5.82 Å². The zero-order chi connectivity index (χ0) is 39.3. The molecule has 1 amide bonds. The van der Waals surface area contributed by atoms with Gasteiger partial charge in [-0.05, 0) is 74.2 Å². The number of hydrogen-bond acceptors (Lipinski definition) is 9. The van der Waals surface area contributed by atoms with Crippen LogP contribution in [0.25, 0.3) is 44.0 Å². The Kier molecular flexibility index (Phi) is 9.34. The maximum atomic E-state index is 17.3. The molecule has 2 atom stereocenters. The Labute approximate surface area is 330 Å². The molecule has 2 saturated heterocycles. The molecule has 57 heavy (non-hydrogen) atoms. The third kappa shape index (κ3) is 7.16. The zero-order valence-electron chi connectivity index (χ0n) is 32.5. The number of fused-ring (bicyclic) bond motifs is 5. The summed E-state index contributed by atoms with van der Waals surface area (Å²) in [6.45, 7) is 7.21. The van der Waals surface area contributed by atoms with E-state index in [0.717, 1.165) is 46.0 Å². The second kappa shape index (κ2) is 14.6. The average molecular weight is 766 g/mol. The second-order valence-corrected chi connectivity index (χ2v) is 15.8. The number of anilines is 1. The van der Waals surface area contributed by atoms with E-state index in [-0.39, 0.29) is 42.0 Å². The van der Waals surface area contributed by atoms with Crippen LogP contribution in [0.1, 0.15) is 45.0 Å². The highest BCUT2D eigenvalue weighted by atomic mass is 19.1. The summed E-state index contributed by atoms with van der Waals surface area (Å²) in [5, 5.41) is 2.19. The van der Waals surface area contributed by atoms with E-state index >= 15 is 4.39 Å². The number of benzene rings is 4. The molecule has 11 nitrogen and oxygen atoms in total. The number of hydrogen-bond donors (Lipinski definition) is 0. The molecular formula is C45H44FN7O4. The minimum Gasteiger partial charge on any atom is -0.489 e. The van der Waals surface area contributed by atoms with E-state index in [4.69, 9.17) is 34.1 Å². The lowest BCUT2D eigenvalue weighted by atomic mass is 10.00. The standard InChI is InChI=1S/C45H44FN7O4/c1-45(2,3)57-44(54)53-30-18-19-31(53)26-52(25-30)42-35-24-47-40(34-23-32(22-29-14-8-9-15-33(29)34)56-27-28-12-6-5-7-13-28)39(46)41(35)49-43(50-42)55-21-20-38-48-36-16-10-11-17-37(36)51(38)4/h5-17,22-24,30-31H,18-21,25-27H2,1-4H3. The number of aryl methyl sites for hydroxylation is 1. The molecule has 290 valence electrons. The summed E-state index contributed by atoms with van der Waals surface area (Å²) >= 11 is 0. The number of ether oxygens (including phenoxy) is 3. The number of pyridine rings is 1. The lowest BCUT2D eigenvalue weighted by molar-refractivity contribution is 0.0122. The Balaban J connectivity index is 1.09. The quantitative estimate of drug-likeness (QED) is 0.143. The van der Waals surface area contributed by atoms with Gasteiger partial charge in [-0.15, -0.1) is 0 Å². The number of imidazole rings is 1. The summed E-state index contributed by atoms with van der Waals surface area (Å²) in [6.07, 6.45) is 3.50. The van der Waals surface area contributed by atoms with Crippen molar-refractivity contribution < 1.29 is 23.4 Å². The number of nitrogens with zero attached hydrogens (tertiary/aromatic N) is 7. The fraction of sp³-hybridized carbons (Fsp3) is 0.311. The van der Waals surface area contributed by atoms with Crippen molar-refractivity contribution >= 4 is 44.6 Å². The minimum absolute atomic E-state index is 0.0547. The highest BCUT2D eigenvalue weighted by molar-refractivity contribution is 6.00. The van der Waals surface area contributed by atoms with Crippen molar-refractivity contribution in [1.29, 1.82) is 0 Å². The molecule has 0 radical (unpaired) electrons. The first-order chi connectivity index (χ1) is 27.6. The molecular weight excluding hydrogens is 722 g/mol. The highest BCUT2D eigenvalue weighted by Gasteiger charge is 2.45. The number of aromatic nitrogens is 5. The molecule has 5 heterocycles. The van der Waals surface area contributed by atoms with Crippen molar-refractivity contribution in [3.05, 3.63) is 114 Å². The van der Waals surface area contributed by atoms with E-state index in [1.165, 1.54) is 0 Å². The van der Waals surface area contributed by atoms with Gasteiger partial charge in [0.05, 0.1) is 35.1 Å². The molecule has 12 heteroatoms. The van der Waals surface area contributed by atoms with Gasteiger partial charge in [-0.2, -0.15) is 9.97 Å². The molecule has 9 rings (SSSR count). The third-order valence-corrected chi connectivity index (χ3v) is 10.8. The first kappa shape index (κ1) is 36.3. The number of carbonyl (C=O) groups excluding carboxylic acids is 1. The van der Waals surface area contributed by atoms with Crippen LogP contribution in [0.15, 0.2) is 97.2 Å². The predicted molar refractivity (Wildman–Crippen MR) is 218 cm³/mol. The lowest BCUT2D eigenvalue weighted by Crippen LogP contribution is -2.57. The Hall–Kier alpha value is -6.30. The number of piperazine rings is 1. The average Bonchev–Trinajstić information content (AvgIpc) is 3.67. The van der Waals surface area contributed by atoms with Gasteiger partial charge in [0.1, 0.15) is 40.8 Å². The predicted octanol–water partition coefficient (Wildman–Crippen LogP) is 8.66. The Morgan fingerprint density at radius 1 is 0.860 bits per heavy atom. The van der Waals surface area contributed by atoms with Crippen molar-refractivity contribution in [3.63, 3.8) is 0 Å². The lowest BCUT2D eigenvalue weighted by Gasteiger charge is -2.42. The minimum atomic E-state index is -0.607. The summed E-state index contributed by atoms with van der Waals surface area (Å²) in [5.41, 5.74) is 3.19. The fourth-order valence-electron chi connectivity index (χ4n) is 8.16. The molecule has 2 aliphatic rings. The van der Waals surface area contributed by atoms with Crippen LogP contribution in [0.4, 0.5) is 15.0 Å². The first-order valence-corrected chi connectivity index (χ1v) is 19.4. The molecule has 2 unspecified atom stereocenters. The summed E-state index contributed by atoms with van der Waals surface area (Å²) in [6, 6.07) is 29.4. The van der Waals surface area contributed by atoms with Crippen LogP contribution in [0.5, 0.6) is 11.8 Å². The van der Waals surface area contributed by atoms with Crippen molar-refractivity contribution in [2.75, 3.05) is 24.6 Å². The molecule has 0 spiro atoms. The van der Waals surface area contributed by atoms with Crippen LogP contribution in [0.3, 0.4) is 0 Å². The number of para-hydroxylation sites is 2. The first-order valence-electron chi connectivity index (χ1n) is 19.4. The topological polar surface area (TPSA) is 108 Å². The van der Waals surface area contributed by atoms with Gasteiger partial charge < -0.3 is 23.7 Å². The third-order valence-electron chi connectivity index (χ3n) is 10.8. The number of amides is 1. The van der Waals surface area contributed by atoms with Crippen LogP contribution in [0.2, 0.25) is 0 Å². The molecule has 2 bridgehead atoms. The smallest absolute Gasteiger partial charge is 0.410 e. The largest absolute Gasteiger partial charge is 0.489 e. The molecule has 0 saturated carbocycles. The second-order valence-electron chi connectivity index (χ2n) is 15.8. The summed E-state index contributed by atoms with van der Waals surface area (Å²) in [5.74, 6) is 1.38. The van der Waals surface area contributed by atoms with Gasteiger partial charge in [-0.25, -0.2) is 14.2 Å². The van der Waals surface area contributed by atoms with Crippen LogP contribution in [-0.2, 0) is 24.8 Å². The SMILES string of the molecule is Cn1c(CCOc2nc(N3CC4CCC(C3)N4C(=O)OC(C)(C)C)c3cnc(-c4cc(OCc5ccccc5)cc5ccccc45)c(F)c3n2)nc2ccccc21. The van der Waals surface area contributed by atoms with Gasteiger partial charge in [-0.3, -0.25) is 9.88 Å². The number of carbonyl (C=O) groups is 1. The summed E-state index contributed by atoms with van der Waals surface area (Å²) < 4.78 is 37.6. The van der Waals surface area contributed by atoms with Gasteiger partial charge in [-0.1, -0.05) is 66.7 Å². The maximum Gasteiger partial charge on any atom is 0.410 e. The molecule has 0 N–H and O–H groups in total. The van der Waals surface area contributed by atoms with E-state index in [1.54, 1.807) is 6.20 Å². The van der Waals surface area contributed by atoms with E-state index in [9.17, 15) is 4.79 Å². The summed E-state index contributed by atoms with van der Waals surface area (Å²) in [4.78, 5) is 36.5. The van der Waals surface area contributed by atoms with Crippen molar-refractivity contribution in [2.45, 2.75) is 64.3 Å². The summed E-state index contributed by atoms with van der Waals surface area (Å²) in [7, 11) is 1.98. The van der Waals surface area contributed by atoms with Gasteiger partial charge in [0, 0.05) is 38.3 Å². The van der Waals surface area contributed by atoms with Crippen LogP contribution < -0.4 is 14.4 Å². The van der Waals surface area contributed by atoms with E-state index < -0.39 is 11.4 Å². The fourth-order valence-corrected chi connectivity index (χ4v) is 8.16. The van der Waals surface area contributed by atoms with Crippen molar-refractivity contribution in [2.24, 2.45) is 7.05 Å². The molecule has 3 aromatic heterocycles. The van der Waals surface area contributed by atoms with E-state index in [2.05, 4.69) is 4.90 Å². The van der Waals surface area contributed by atoms with Crippen molar-refractivity contribution in [3.8, 4) is 23.0 Å². The van der Waals surface area contributed by atoms with Crippen LogP contribution >= 0.6 is 0 Å².